The van der Waals surface area contributed by atoms with Crippen molar-refractivity contribution >= 4 is 29.5 Å². The van der Waals surface area contributed by atoms with Crippen molar-refractivity contribution in [3.05, 3.63) is 24.3 Å². The second-order valence-corrected chi connectivity index (χ2v) is 8.20. The molecule has 0 heterocycles. The molecule has 94 valence electrons. The van der Waals surface area contributed by atoms with E-state index in [-0.39, 0.29) is 0 Å². The molecule has 0 saturated heterocycles. The third-order valence-electron chi connectivity index (χ3n) is 0.655. The monoisotopic (exact) mass is 315 g/mol. The van der Waals surface area contributed by atoms with E-state index in [2.05, 4.69) is 41.5 Å². The van der Waals surface area contributed by atoms with Crippen LogP contribution < -0.4 is 17.2 Å². The summed E-state index contributed by atoms with van der Waals surface area (Å²) in [5.74, 6) is 0. The summed E-state index contributed by atoms with van der Waals surface area (Å²) >= 11 is -1.77. The molecule has 3 nitrogen and oxygen atoms in total. The van der Waals surface area contributed by atoms with E-state index in [1.165, 1.54) is 21.1 Å². The predicted octanol–water partition coefficient (Wildman–Crippen LogP) is 2.29. The summed E-state index contributed by atoms with van der Waals surface area (Å²) in [6, 6.07) is 0. The van der Waals surface area contributed by atoms with Crippen molar-refractivity contribution in [3.8, 4) is 0 Å². The summed E-state index contributed by atoms with van der Waals surface area (Å²) in [5, 5.41) is 0. The first kappa shape index (κ1) is 24.9. The van der Waals surface area contributed by atoms with Gasteiger partial charge in [0.2, 0.25) is 0 Å². The minimum absolute atomic E-state index is 1.14. The molecule has 6 N–H and O–H groups in total. The van der Waals surface area contributed by atoms with E-state index in [0.29, 0.717) is 0 Å². The Labute approximate surface area is 110 Å². The van der Waals surface area contributed by atoms with Gasteiger partial charge in [0.15, 0.2) is 0 Å². The topological polar surface area (TPSA) is 78.1 Å². The Morgan fingerprint density at radius 3 is 1.07 bits per heavy atom. The van der Waals surface area contributed by atoms with Crippen LogP contribution in [0.2, 0.25) is 0 Å². The molecular formula is C8H21Cl3N3V. The minimum atomic E-state index is -1.77. The number of rotatable bonds is 0. The molecule has 0 amide bonds. The van der Waals surface area contributed by atoms with Gasteiger partial charge in [-0.2, -0.15) is 0 Å². The number of hydrogen-bond donors (Lipinski definition) is 3. The second kappa shape index (κ2) is 36.4. The van der Waals surface area contributed by atoms with E-state index >= 15 is 0 Å². The molecule has 0 fully saturated rings. The maximum absolute atomic E-state index is 4.95. The van der Waals surface area contributed by atoms with Crippen molar-refractivity contribution in [1.29, 1.82) is 0 Å². The first-order chi connectivity index (χ1) is 7.23. The van der Waals surface area contributed by atoms with Crippen LogP contribution in [-0.4, -0.2) is 21.1 Å². The average molecular weight is 317 g/mol. The van der Waals surface area contributed by atoms with Crippen molar-refractivity contribution in [2.45, 2.75) is 6.42 Å². The zero-order valence-electron chi connectivity index (χ0n) is 9.33. The Kier molecular flexibility index (Phi) is 60.3. The summed E-state index contributed by atoms with van der Waals surface area (Å²) in [6.45, 7) is 0. The van der Waals surface area contributed by atoms with Gasteiger partial charge in [0.05, 0.1) is 0 Å². The molecule has 1 aliphatic rings. The number of allylic oxidation sites excluding steroid dienone is 4. The number of nitrogens with two attached hydrogens (primary N) is 3. The maximum atomic E-state index is 4.95. The molecule has 1 aliphatic carbocycles. The number of hydrogen-bond acceptors (Lipinski definition) is 3. The van der Waals surface area contributed by atoms with Gasteiger partial charge in [0, 0.05) is 0 Å². The zero-order valence-corrected chi connectivity index (χ0v) is 13.0. The summed E-state index contributed by atoms with van der Waals surface area (Å²) in [4.78, 5) is 0. The fourth-order valence-corrected chi connectivity index (χ4v) is 0.393. The third kappa shape index (κ3) is 72.0. The molecule has 15 heavy (non-hydrogen) atoms. The molecule has 7 heteroatoms. The van der Waals surface area contributed by atoms with Gasteiger partial charge in [-0.15, -0.1) is 0 Å². The molecule has 0 bridgehead atoms. The molecule has 0 spiro atoms. The quantitative estimate of drug-likeness (QED) is 0.641. The summed E-state index contributed by atoms with van der Waals surface area (Å²) in [7, 11) is 19.4. The van der Waals surface area contributed by atoms with Gasteiger partial charge in [-0.1, -0.05) is 24.3 Å². The van der Waals surface area contributed by atoms with Crippen LogP contribution in [0.15, 0.2) is 24.3 Å². The van der Waals surface area contributed by atoms with E-state index < -0.39 is 12.3 Å². The molecule has 0 aromatic carbocycles. The molecule has 0 saturated carbocycles. The van der Waals surface area contributed by atoms with Crippen LogP contribution >= 0.6 is 29.5 Å². The summed E-state index contributed by atoms with van der Waals surface area (Å²) in [6.07, 6.45) is 9.50. The SMILES string of the molecule is C1=CCC=C1.CN.CN.CN.[Cl][V]([Cl])[Cl]. The molecule has 0 atom stereocenters. The average Bonchev–Trinajstić information content (AvgIpc) is 2.83. The Balaban J connectivity index is -0.0000000552. The number of halogens is 3. The molecule has 0 aromatic rings. The van der Waals surface area contributed by atoms with Crippen LogP contribution in [0.25, 0.3) is 0 Å². The first-order valence-corrected chi connectivity index (χ1v) is 9.82. The van der Waals surface area contributed by atoms with Gasteiger partial charge in [0.1, 0.15) is 0 Å². The van der Waals surface area contributed by atoms with Crippen molar-refractivity contribution < 1.29 is 12.3 Å². The van der Waals surface area contributed by atoms with Crippen molar-refractivity contribution in [1.82, 2.24) is 0 Å². The van der Waals surface area contributed by atoms with E-state index in [4.69, 9.17) is 29.5 Å². The Morgan fingerprint density at radius 2 is 1.00 bits per heavy atom. The van der Waals surface area contributed by atoms with Crippen LogP contribution in [0.3, 0.4) is 0 Å². The summed E-state index contributed by atoms with van der Waals surface area (Å²) in [5.41, 5.74) is 13.5. The van der Waals surface area contributed by atoms with Crippen molar-refractivity contribution in [2.24, 2.45) is 17.2 Å². The predicted molar refractivity (Wildman–Crippen MR) is 70.8 cm³/mol. The van der Waals surface area contributed by atoms with E-state index in [1.807, 2.05) is 0 Å². The molecule has 0 aliphatic heterocycles. The normalized spacial score (nSPS) is 9.47. The fourth-order valence-electron chi connectivity index (χ4n) is 0.393. The Bertz CT molecular complexity index is 109. The van der Waals surface area contributed by atoms with Gasteiger partial charge in [-0.25, -0.2) is 0 Å². The Morgan fingerprint density at radius 1 is 0.800 bits per heavy atom. The van der Waals surface area contributed by atoms with Crippen LogP contribution in [-0.2, 0) is 12.3 Å². The van der Waals surface area contributed by atoms with E-state index in [1.54, 1.807) is 0 Å². The van der Waals surface area contributed by atoms with Crippen LogP contribution in [0.5, 0.6) is 0 Å². The second-order valence-electron chi connectivity index (χ2n) is 1.28. The molecule has 1 rings (SSSR count). The van der Waals surface area contributed by atoms with E-state index in [0.717, 1.165) is 6.42 Å². The van der Waals surface area contributed by atoms with Crippen molar-refractivity contribution in [3.63, 3.8) is 0 Å². The van der Waals surface area contributed by atoms with E-state index in [9.17, 15) is 0 Å². The molecule has 0 unspecified atom stereocenters. The molecule has 0 radical (unpaired) electrons. The Hall–Kier alpha value is 0.814. The third-order valence-corrected chi connectivity index (χ3v) is 0.655. The standard InChI is InChI=1S/C5H6.3CH5N.3ClH.V/c1-2-4-5-3-1;3*1-2;;;;/h1-4H,5H2;3*2H2,1H3;3*1H;/q;;;;;;;+3/p-3. The van der Waals surface area contributed by atoms with Gasteiger partial charge in [-0.05, 0) is 27.6 Å². The van der Waals surface area contributed by atoms with Crippen LogP contribution in [0.1, 0.15) is 6.42 Å². The fraction of sp³-hybridized carbons (Fsp3) is 0.500. The van der Waals surface area contributed by atoms with Crippen LogP contribution in [0, 0.1) is 0 Å². The van der Waals surface area contributed by atoms with Gasteiger partial charge in [0.25, 0.3) is 0 Å². The van der Waals surface area contributed by atoms with Gasteiger partial charge in [-0.3, -0.25) is 0 Å². The molecule has 0 aromatic heterocycles. The van der Waals surface area contributed by atoms with Gasteiger partial charge < -0.3 is 17.2 Å². The summed E-state index contributed by atoms with van der Waals surface area (Å²) < 4.78 is 0. The van der Waals surface area contributed by atoms with Crippen molar-refractivity contribution in [2.75, 3.05) is 21.1 Å². The zero-order chi connectivity index (χ0) is 13.1. The van der Waals surface area contributed by atoms with Crippen LogP contribution in [0.4, 0.5) is 0 Å². The molecular weight excluding hydrogens is 295 g/mol. The van der Waals surface area contributed by atoms with Gasteiger partial charge >= 0.3 is 41.8 Å². The first-order valence-electron chi connectivity index (χ1n) is 4.06.